The predicted molar refractivity (Wildman–Crippen MR) is 102 cm³/mol. The van der Waals surface area contributed by atoms with Gasteiger partial charge in [-0.25, -0.2) is 9.78 Å². The molecule has 2 aromatic heterocycles. The van der Waals surface area contributed by atoms with E-state index in [2.05, 4.69) is 15.3 Å². The molecule has 0 radical (unpaired) electrons. The van der Waals surface area contributed by atoms with Crippen molar-refractivity contribution in [3.05, 3.63) is 68.3 Å². The van der Waals surface area contributed by atoms with Gasteiger partial charge in [-0.15, -0.1) is 11.3 Å². The molecule has 7 nitrogen and oxygen atoms in total. The summed E-state index contributed by atoms with van der Waals surface area (Å²) in [7, 11) is 0. The minimum Gasteiger partial charge on any atom is -0.324 e. The highest BCUT2D eigenvalue weighted by molar-refractivity contribution is 7.18. The summed E-state index contributed by atoms with van der Waals surface area (Å²) < 4.78 is 2.23. The Bertz CT molecular complexity index is 1270. The van der Waals surface area contributed by atoms with Gasteiger partial charge in [-0.3, -0.25) is 19.1 Å². The summed E-state index contributed by atoms with van der Waals surface area (Å²) in [6, 6.07) is 12.1. The second-order valence-electron chi connectivity index (χ2n) is 5.83. The number of benzene rings is 2. The van der Waals surface area contributed by atoms with Crippen molar-refractivity contribution in [3.63, 3.8) is 0 Å². The molecule has 0 spiro atoms. The number of aryl methyl sites for hydroxylation is 1. The van der Waals surface area contributed by atoms with Crippen molar-refractivity contribution in [1.29, 1.82) is 0 Å². The van der Waals surface area contributed by atoms with E-state index in [1.165, 1.54) is 4.57 Å². The van der Waals surface area contributed by atoms with Gasteiger partial charge in [0.25, 0.3) is 5.56 Å². The van der Waals surface area contributed by atoms with Crippen LogP contribution in [0.4, 0.5) is 5.69 Å². The predicted octanol–water partition coefficient (Wildman–Crippen LogP) is 2.25. The van der Waals surface area contributed by atoms with Gasteiger partial charge in [0.1, 0.15) is 6.54 Å². The third kappa shape index (κ3) is 2.91. The van der Waals surface area contributed by atoms with E-state index < -0.39 is 11.2 Å². The molecule has 0 saturated carbocycles. The topological polar surface area (TPSA) is 96.8 Å². The Balaban J connectivity index is 1.64. The van der Waals surface area contributed by atoms with Crippen LogP contribution in [-0.4, -0.2) is 20.4 Å². The molecule has 0 fully saturated rings. The number of anilines is 1. The van der Waals surface area contributed by atoms with Gasteiger partial charge in [-0.05, 0) is 37.3 Å². The lowest BCUT2D eigenvalue weighted by Crippen LogP contribution is -2.33. The number of carbonyl (C=O) groups excluding carboxylic acids is 1. The van der Waals surface area contributed by atoms with Crippen LogP contribution in [0, 0.1) is 6.92 Å². The third-order valence-corrected chi connectivity index (χ3v) is 4.92. The molecule has 4 rings (SSSR count). The maximum atomic E-state index is 12.4. The highest BCUT2D eigenvalue weighted by atomic mass is 32.1. The number of aromatic nitrogens is 3. The van der Waals surface area contributed by atoms with Crippen LogP contribution < -0.4 is 16.6 Å². The van der Waals surface area contributed by atoms with Gasteiger partial charge >= 0.3 is 5.69 Å². The fraction of sp³-hybridized carbons (Fsp3) is 0.111. The molecule has 2 N–H and O–H groups in total. The van der Waals surface area contributed by atoms with E-state index in [0.717, 1.165) is 15.2 Å². The summed E-state index contributed by atoms with van der Waals surface area (Å²) >= 11 is 1.55. The van der Waals surface area contributed by atoms with Crippen LogP contribution >= 0.6 is 11.3 Å². The molecule has 26 heavy (non-hydrogen) atoms. The van der Waals surface area contributed by atoms with Crippen LogP contribution in [0.1, 0.15) is 5.01 Å². The zero-order valence-corrected chi connectivity index (χ0v) is 14.6. The lowest BCUT2D eigenvalue weighted by atomic mass is 10.2. The molecule has 8 heteroatoms. The molecule has 0 unspecified atom stereocenters. The van der Waals surface area contributed by atoms with E-state index in [0.29, 0.717) is 16.6 Å². The first-order chi connectivity index (χ1) is 12.5. The van der Waals surface area contributed by atoms with Crippen LogP contribution in [0.3, 0.4) is 0 Å². The number of nitrogens with one attached hydrogen (secondary N) is 2. The van der Waals surface area contributed by atoms with Crippen molar-refractivity contribution in [2.75, 3.05) is 5.32 Å². The SMILES string of the molecule is Cc1nc2ccc(NC(=O)Cn3c(=O)[nH]c(=O)c4ccccc43)cc2s1. The van der Waals surface area contributed by atoms with Crippen molar-refractivity contribution >= 4 is 44.1 Å². The van der Waals surface area contributed by atoms with Gasteiger partial charge < -0.3 is 5.32 Å². The fourth-order valence-electron chi connectivity index (χ4n) is 2.86. The first kappa shape index (κ1) is 16.2. The Labute approximate surface area is 150 Å². The number of H-pyrrole nitrogens is 1. The number of hydrogen-bond acceptors (Lipinski definition) is 5. The first-order valence-electron chi connectivity index (χ1n) is 7.90. The largest absolute Gasteiger partial charge is 0.329 e. The Morgan fingerprint density at radius 1 is 1.23 bits per heavy atom. The number of thiazole rings is 1. The van der Waals surface area contributed by atoms with Crippen LogP contribution in [0.25, 0.3) is 21.1 Å². The molecular weight excluding hydrogens is 352 g/mol. The molecule has 0 aliphatic heterocycles. The van der Waals surface area contributed by atoms with Gasteiger partial charge in [0.15, 0.2) is 0 Å². The van der Waals surface area contributed by atoms with E-state index in [-0.39, 0.29) is 12.5 Å². The second-order valence-corrected chi connectivity index (χ2v) is 7.06. The minimum atomic E-state index is -0.614. The lowest BCUT2D eigenvalue weighted by molar-refractivity contribution is -0.116. The third-order valence-electron chi connectivity index (χ3n) is 3.99. The Kier molecular flexibility index (Phi) is 3.89. The van der Waals surface area contributed by atoms with Gasteiger partial charge in [0.05, 0.1) is 26.1 Å². The average Bonchev–Trinajstić information content (AvgIpc) is 2.98. The van der Waals surface area contributed by atoms with Crippen molar-refractivity contribution in [2.24, 2.45) is 0 Å². The van der Waals surface area contributed by atoms with Gasteiger partial charge in [-0.1, -0.05) is 12.1 Å². The number of fused-ring (bicyclic) bond motifs is 2. The van der Waals surface area contributed by atoms with Gasteiger partial charge in [0, 0.05) is 5.69 Å². The molecule has 2 heterocycles. The lowest BCUT2D eigenvalue weighted by Gasteiger charge is -2.10. The maximum Gasteiger partial charge on any atom is 0.329 e. The molecule has 2 aromatic carbocycles. The second kappa shape index (κ2) is 6.23. The zero-order chi connectivity index (χ0) is 18.3. The van der Waals surface area contributed by atoms with E-state index in [9.17, 15) is 14.4 Å². The van der Waals surface area contributed by atoms with Crippen LogP contribution in [0.2, 0.25) is 0 Å². The highest BCUT2D eigenvalue weighted by Gasteiger charge is 2.11. The maximum absolute atomic E-state index is 12.4. The highest BCUT2D eigenvalue weighted by Crippen LogP contribution is 2.24. The van der Waals surface area contributed by atoms with Crippen molar-refractivity contribution in [3.8, 4) is 0 Å². The summed E-state index contributed by atoms with van der Waals surface area (Å²) in [5.41, 5.74) is 0.858. The standard InChI is InChI=1S/C18H14N4O3S/c1-10-19-13-7-6-11(8-15(13)26-10)20-16(23)9-22-14-5-3-2-4-12(14)17(24)21-18(22)25/h2-8H,9H2,1H3,(H,20,23)(H,21,24,25). The normalized spacial score (nSPS) is 11.1. The zero-order valence-electron chi connectivity index (χ0n) is 13.8. The van der Waals surface area contributed by atoms with Crippen molar-refractivity contribution in [2.45, 2.75) is 13.5 Å². The quantitative estimate of drug-likeness (QED) is 0.581. The molecule has 0 aliphatic rings. The number of nitrogens with zero attached hydrogens (tertiary/aromatic N) is 2. The number of aromatic amines is 1. The van der Waals surface area contributed by atoms with Gasteiger partial charge in [-0.2, -0.15) is 0 Å². The number of para-hydroxylation sites is 1. The van der Waals surface area contributed by atoms with E-state index >= 15 is 0 Å². The molecule has 4 aromatic rings. The molecule has 0 aliphatic carbocycles. The monoisotopic (exact) mass is 366 g/mol. The van der Waals surface area contributed by atoms with Crippen LogP contribution in [0.5, 0.6) is 0 Å². The van der Waals surface area contributed by atoms with Crippen LogP contribution in [-0.2, 0) is 11.3 Å². The van der Waals surface area contributed by atoms with E-state index in [1.807, 2.05) is 19.1 Å². The number of rotatable bonds is 3. The Hall–Kier alpha value is -3.26. The fourth-order valence-corrected chi connectivity index (χ4v) is 3.73. The average molecular weight is 366 g/mol. The smallest absolute Gasteiger partial charge is 0.324 e. The molecule has 0 saturated heterocycles. The summed E-state index contributed by atoms with van der Waals surface area (Å²) in [6.07, 6.45) is 0. The Morgan fingerprint density at radius 3 is 2.88 bits per heavy atom. The molecular formula is C18H14N4O3S. The first-order valence-corrected chi connectivity index (χ1v) is 8.72. The molecule has 0 bridgehead atoms. The van der Waals surface area contributed by atoms with E-state index in [4.69, 9.17) is 0 Å². The Morgan fingerprint density at radius 2 is 2.04 bits per heavy atom. The number of amides is 1. The number of hydrogen-bond donors (Lipinski definition) is 2. The summed E-state index contributed by atoms with van der Waals surface area (Å²) in [5.74, 6) is -0.357. The molecule has 0 atom stereocenters. The van der Waals surface area contributed by atoms with Crippen molar-refractivity contribution in [1.82, 2.24) is 14.5 Å². The summed E-state index contributed by atoms with van der Waals surface area (Å²) in [5, 5.41) is 4.10. The summed E-state index contributed by atoms with van der Waals surface area (Å²) in [4.78, 5) is 43.1. The van der Waals surface area contributed by atoms with Crippen LogP contribution in [0.15, 0.2) is 52.1 Å². The number of carbonyl (C=O) groups is 1. The molecule has 1 amide bonds. The summed E-state index contributed by atoms with van der Waals surface area (Å²) in [6.45, 7) is 1.73. The van der Waals surface area contributed by atoms with Gasteiger partial charge in [0.2, 0.25) is 5.91 Å². The minimum absolute atomic E-state index is 0.199. The van der Waals surface area contributed by atoms with Crippen molar-refractivity contribution < 1.29 is 4.79 Å². The van der Waals surface area contributed by atoms with E-state index in [1.54, 1.807) is 41.7 Å². The molecule has 130 valence electrons.